The summed E-state index contributed by atoms with van der Waals surface area (Å²) in [6.45, 7) is 0. The van der Waals surface area contributed by atoms with E-state index in [0.29, 0.717) is 17.6 Å². The van der Waals surface area contributed by atoms with Crippen LogP contribution in [0, 0.1) is 0 Å². The van der Waals surface area contributed by atoms with Crippen molar-refractivity contribution >= 4 is 87.2 Å². The molecule has 16 aromatic rings. The standard InChI is InChI=1S/C69H43N7/c1-3-19-44(20-4-1)46-23-17-26-49(41-46)75-64-40-37-50(74-61-34-14-9-29-53(61)54-30-10-15-35-62(54)74)43-58(64)57-39-38-56-55-31-11-16-36-63(55)76(66(56)65(57)75)69-71-67(45-21-5-2-6-22-45)70-68(72-69)47-24-18-25-48(42-47)73-59-32-12-7-27-51(59)52-28-8-13-33-60(52)73/h1-43H. The van der Waals surface area contributed by atoms with Crippen molar-refractivity contribution in [2.24, 2.45) is 0 Å². The molecule has 11 aromatic carbocycles. The Balaban J connectivity index is 0.996. The summed E-state index contributed by atoms with van der Waals surface area (Å²) in [5.41, 5.74) is 16.1. The van der Waals surface area contributed by atoms with Gasteiger partial charge in [0.25, 0.3) is 0 Å². The topological polar surface area (TPSA) is 58.4 Å². The molecule has 0 aliphatic rings. The smallest absolute Gasteiger partial charge is 0.238 e. The first-order valence-electron chi connectivity index (χ1n) is 25.8. The summed E-state index contributed by atoms with van der Waals surface area (Å²) >= 11 is 0. The van der Waals surface area contributed by atoms with E-state index >= 15 is 0 Å². The van der Waals surface area contributed by atoms with Gasteiger partial charge in [-0.05, 0) is 83.9 Å². The SMILES string of the molecule is c1ccc(-c2cccc(-n3c4ccc(-n5c6ccccc6c6ccccc65)cc4c4ccc5c6ccccc6n(-c6nc(-c7ccccc7)nc(-c7cccc(-n8c9ccccc9c9ccccc98)c7)n6)c5c43)c2)cc1. The first-order valence-corrected chi connectivity index (χ1v) is 25.8. The fourth-order valence-electron chi connectivity index (χ4n) is 12.1. The molecule has 0 amide bonds. The second kappa shape index (κ2) is 16.6. The van der Waals surface area contributed by atoms with Crippen LogP contribution in [0.2, 0.25) is 0 Å². The Morgan fingerprint density at radius 1 is 0.211 bits per heavy atom. The molecule has 0 N–H and O–H groups in total. The average Bonchev–Trinajstić information content (AvgIpc) is 4.23. The molecule has 0 bridgehead atoms. The molecule has 354 valence electrons. The number of aromatic nitrogens is 7. The van der Waals surface area contributed by atoms with Gasteiger partial charge in [-0.25, -0.2) is 4.98 Å². The zero-order valence-corrected chi connectivity index (χ0v) is 41.0. The van der Waals surface area contributed by atoms with Crippen molar-refractivity contribution in [2.45, 2.75) is 0 Å². The van der Waals surface area contributed by atoms with E-state index in [1.165, 1.54) is 32.6 Å². The van der Waals surface area contributed by atoms with Gasteiger partial charge >= 0.3 is 0 Å². The van der Waals surface area contributed by atoms with Crippen molar-refractivity contribution in [2.75, 3.05) is 0 Å². The molecule has 0 radical (unpaired) electrons. The van der Waals surface area contributed by atoms with Gasteiger partial charge in [-0.1, -0.05) is 188 Å². The molecule has 7 nitrogen and oxygen atoms in total. The maximum absolute atomic E-state index is 5.56. The lowest BCUT2D eigenvalue weighted by Gasteiger charge is -2.14. The molecule has 0 saturated heterocycles. The van der Waals surface area contributed by atoms with Crippen LogP contribution in [0.5, 0.6) is 0 Å². The third-order valence-corrected chi connectivity index (χ3v) is 15.4. The highest BCUT2D eigenvalue weighted by Gasteiger charge is 2.25. The Morgan fingerprint density at radius 3 is 1.16 bits per heavy atom. The molecule has 0 aliphatic heterocycles. The number of rotatable bonds is 7. The summed E-state index contributed by atoms with van der Waals surface area (Å²) in [5, 5.41) is 9.35. The van der Waals surface area contributed by atoms with Crippen molar-refractivity contribution in [3.05, 3.63) is 261 Å². The molecule has 5 heterocycles. The van der Waals surface area contributed by atoms with E-state index in [9.17, 15) is 0 Å². The van der Waals surface area contributed by atoms with E-state index < -0.39 is 0 Å². The maximum Gasteiger partial charge on any atom is 0.238 e. The highest BCUT2D eigenvalue weighted by molar-refractivity contribution is 6.24. The van der Waals surface area contributed by atoms with E-state index in [-0.39, 0.29) is 0 Å². The van der Waals surface area contributed by atoms with Crippen molar-refractivity contribution in [3.63, 3.8) is 0 Å². The molecule has 0 fully saturated rings. The minimum atomic E-state index is 0.533. The van der Waals surface area contributed by atoms with Crippen LogP contribution in [0.4, 0.5) is 0 Å². The Labute approximate surface area is 436 Å². The number of hydrogen-bond acceptors (Lipinski definition) is 3. The fourth-order valence-corrected chi connectivity index (χ4v) is 12.1. The van der Waals surface area contributed by atoms with Gasteiger partial charge in [-0.3, -0.25) is 4.57 Å². The first kappa shape index (κ1) is 42.2. The Morgan fingerprint density at radius 2 is 0.592 bits per heavy atom. The number of benzene rings is 11. The van der Waals surface area contributed by atoms with Crippen LogP contribution in [-0.2, 0) is 0 Å². The molecular weight excluding hydrogens is 927 g/mol. The van der Waals surface area contributed by atoms with Gasteiger partial charge in [0, 0.05) is 71.3 Å². The van der Waals surface area contributed by atoms with E-state index in [1.54, 1.807) is 0 Å². The molecule has 5 aromatic heterocycles. The molecule has 0 spiro atoms. The second-order valence-corrected chi connectivity index (χ2v) is 19.6. The lowest BCUT2D eigenvalue weighted by molar-refractivity contribution is 0.953. The molecule has 76 heavy (non-hydrogen) atoms. The quantitative estimate of drug-likeness (QED) is 0.160. The van der Waals surface area contributed by atoms with Gasteiger partial charge in [0.1, 0.15) is 0 Å². The van der Waals surface area contributed by atoms with Crippen LogP contribution >= 0.6 is 0 Å². The summed E-state index contributed by atoms with van der Waals surface area (Å²) in [6.07, 6.45) is 0. The zero-order valence-electron chi connectivity index (χ0n) is 41.0. The van der Waals surface area contributed by atoms with Crippen LogP contribution in [0.15, 0.2) is 261 Å². The second-order valence-electron chi connectivity index (χ2n) is 19.6. The monoisotopic (exact) mass is 969 g/mol. The highest BCUT2D eigenvalue weighted by atomic mass is 15.2. The highest BCUT2D eigenvalue weighted by Crippen LogP contribution is 2.44. The van der Waals surface area contributed by atoms with Crippen molar-refractivity contribution in [1.29, 1.82) is 0 Å². The van der Waals surface area contributed by atoms with Gasteiger partial charge < -0.3 is 13.7 Å². The van der Waals surface area contributed by atoms with Crippen LogP contribution in [0.1, 0.15) is 0 Å². The summed E-state index contributed by atoms with van der Waals surface area (Å²) < 4.78 is 9.49. The van der Waals surface area contributed by atoms with Gasteiger partial charge in [0.2, 0.25) is 5.95 Å². The van der Waals surface area contributed by atoms with Gasteiger partial charge in [-0.2, -0.15) is 9.97 Å². The van der Waals surface area contributed by atoms with E-state index in [1.807, 2.05) is 18.2 Å². The third-order valence-electron chi connectivity index (χ3n) is 15.4. The zero-order chi connectivity index (χ0) is 49.8. The van der Waals surface area contributed by atoms with Gasteiger partial charge in [-0.15, -0.1) is 0 Å². The predicted octanol–water partition coefficient (Wildman–Crippen LogP) is 17.3. The molecular formula is C69H43N7. The normalized spacial score (nSPS) is 11.9. The number of nitrogens with zero attached hydrogens (tertiary/aromatic N) is 7. The van der Waals surface area contributed by atoms with Crippen LogP contribution in [0.3, 0.4) is 0 Å². The molecule has 0 aliphatic carbocycles. The largest absolute Gasteiger partial charge is 0.309 e. The summed E-state index contributed by atoms with van der Waals surface area (Å²) in [4.78, 5) is 16.3. The van der Waals surface area contributed by atoms with Crippen LogP contribution < -0.4 is 0 Å². The molecule has 0 atom stereocenters. The van der Waals surface area contributed by atoms with Crippen molar-refractivity contribution in [1.82, 2.24) is 33.2 Å². The number of para-hydroxylation sites is 5. The maximum atomic E-state index is 5.56. The van der Waals surface area contributed by atoms with Crippen molar-refractivity contribution in [3.8, 4) is 56.9 Å². The minimum absolute atomic E-state index is 0.533. The summed E-state index contributed by atoms with van der Waals surface area (Å²) in [6, 6.07) is 93.4. The fraction of sp³-hybridized carbons (Fsp3) is 0. The van der Waals surface area contributed by atoms with Gasteiger partial charge in [0.05, 0.1) is 44.1 Å². The van der Waals surface area contributed by atoms with E-state index in [4.69, 9.17) is 15.0 Å². The van der Waals surface area contributed by atoms with Crippen LogP contribution in [0.25, 0.3) is 144 Å². The number of fused-ring (bicyclic) bond motifs is 13. The summed E-state index contributed by atoms with van der Waals surface area (Å²) in [7, 11) is 0. The van der Waals surface area contributed by atoms with Gasteiger partial charge in [0.15, 0.2) is 11.6 Å². The average molecular weight is 970 g/mol. The molecule has 7 heteroatoms. The van der Waals surface area contributed by atoms with Crippen LogP contribution in [-0.4, -0.2) is 33.2 Å². The lowest BCUT2D eigenvalue weighted by Crippen LogP contribution is -2.07. The number of hydrogen-bond donors (Lipinski definition) is 0. The van der Waals surface area contributed by atoms with E-state index in [2.05, 4.69) is 261 Å². The van der Waals surface area contributed by atoms with Crippen molar-refractivity contribution < 1.29 is 0 Å². The third kappa shape index (κ3) is 6.33. The molecule has 16 rings (SSSR count). The minimum Gasteiger partial charge on any atom is -0.309 e. The van der Waals surface area contributed by atoms with E-state index in [0.717, 1.165) is 94.0 Å². The Bertz CT molecular complexity index is 4890. The Hall–Kier alpha value is -10.4. The first-order chi connectivity index (χ1) is 37.7. The lowest BCUT2D eigenvalue weighted by atomic mass is 10.1. The molecule has 0 unspecified atom stereocenters. The predicted molar refractivity (Wildman–Crippen MR) is 313 cm³/mol. The Kier molecular flexibility index (Phi) is 9.20. The molecule has 0 saturated carbocycles. The summed E-state index contributed by atoms with van der Waals surface area (Å²) in [5.74, 6) is 1.70.